The number of nitrogens with one attached hydrogen (secondary N) is 4. The number of likely N-dealkylation sites (tertiary alicyclic amines) is 1. The van der Waals surface area contributed by atoms with Gasteiger partial charge in [0.05, 0.1) is 23.2 Å². The number of nitrogens with zero attached hydrogens (tertiary/aromatic N) is 1. The lowest BCUT2D eigenvalue weighted by Crippen LogP contribution is -2.50. The maximum atomic E-state index is 13.4. The highest BCUT2D eigenvalue weighted by atomic mass is 32.2. The van der Waals surface area contributed by atoms with E-state index in [1.807, 2.05) is 91.0 Å². The standard InChI is InChI=1S/C38H45N5O8S2/c1-26(46)41-30(35(49)39-18-21-44)24-52-32-23-34(48)43(37(32)51)20-17-33(47)42-31(36(50)40-19-22-45)25-53-38(27-11-5-2-6-12-27,28-13-7-3-8-14-28)29-15-9-4-10-16-29/h2-16,30-32,44-45H,17-25H2,1H3,(H,39,49)(H,40,50)(H,41,46)(H,42,47). The summed E-state index contributed by atoms with van der Waals surface area (Å²) >= 11 is 2.52. The summed E-state index contributed by atoms with van der Waals surface area (Å²) in [6, 6.07) is 27.6. The molecule has 4 rings (SSSR count). The molecule has 1 aliphatic heterocycles. The molecule has 3 aromatic rings. The number of thioether (sulfide) groups is 2. The number of aliphatic hydroxyl groups excluding tert-OH is 2. The Bertz CT molecular complexity index is 1600. The zero-order valence-corrected chi connectivity index (χ0v) is 31.0. The van der Waals surface area contributed by atoms with Gasteiger partial charge in [-0.15, -0.1) is 23.5 Å². The molecular formula is C38H45N5O8S2. The highest BCUT2D eigenvalue weighted by Crippen LogP contribution is 2.48. The van der Waals surface area contributed by atoms with Crippen LogP contribution in [0.3, 0.4) is 0 Å². The Balaban J connectivity index is 1.47. The van der Waals surface area contributed by atoms with Crippen molar-refractivity contribution in [3.8, 4) is 0 Å². The van der Waals surface area contributed by atoms with Crippen LogP contribution in [0.5, 0.6) is 0 Å². The van der Waals surface area contributed by atoms with Crippen LogP contribution in [0.4, 0.5) is 0 Å². The fourth-order valence-electron chi connectivity index (χ4n) is 5.90. The molecule has 15 heteroatoms. The Labute approximate surface area is 317 Å². The van der Waals surface area contributed by atoms with Gasteiger partial charge < -0.3 is 31.5 Å². The quantitative estimate of drug-likeness (QED) is 0.0719. The summed E-state index contributed by atoms with van der Waals surface area (Å²) in [5.74, 6) is -2.90. The van der Waals surface area contributed by atoms with Crippen LogP contribution in [0, 0.1) is 0 Å². The molecule has 6 amide bonds. The molecule has 0 aromatic heterocycles. The van der Waals surface area contributed by atoms with E-state index in [1.54, 1.807) is 0 Å². The normalized spacial score (nSPS) is 15.4. The van der Waals surface area contributed by atoms with Gasteiger partial charge in [-0.05, 0) is 16.7 Å². The predicted octanol–water partition coefficient (Wildman–Crippen LogP) is 1.17. The zero-order chi connectivity index (χ0) is 38.2. The summed E-state index contributed by atoms with van der Waals surface area (Å²) in [5.41, 5.74) is 2.91. The van der Waals surface area contributed by atoms with Crippen LogP contribution in [0.2, 0.25) is 0 Å². The highest BCUT2D eigenvalue weighted by molar-refractivity contribution is 8.01. The summed E-state index contributed by atoms with van der Waals surface area (Å²) < 4.78 is -0.774. The third-order valence-electron chi connectivity index (χ3n) is 8.40. The van der Waals surface area contributed by atoms with Crippen molar-refractivity contribution in [1.29, 1.82) is 0 Å². The molecular weight excluding hydrogens is 719 g/mol. The van der Waals surface area contributed by atoms with Crippen molar-refractivity contribution >= 4 is 59.0 Å². The van der Waals surface area contributed by atoms with Gasteiger partial charge in [0.25, 0.3) is 0 Å². The minimum Gasteiger partial charge on any atom is -0.395 e. The lowest BCUT2D eigenvalue weighted by Gasteiger charge is -2.36. The van der Waals surface area contributed by atoms with Crippen molar-refractivity contribution in [2.45, 2.75) is 41.8 Å². The molecule has 0 spiro atoms. The lowest BCUT2D eigenvalue weighted by molar-refractivity contribution is -0.139. The molecule has 53 heavy (non-hydrogen) atoms. The van der Waals surface area contributed by atoms with Crippen LogP contribution < -0.4 is 21.3 Å². The highest BCUT2D eigenvalue weighted by Gasteiger charge is 2.41. The van der Waals surface area contributed by atoms with Crippen molar-refractivity contribution in [3.63, 3.8) is 0 Å². The molecule has 1 saturated heterocycles. The van der Waals surface area contributed by atoms with E-state index >= 15 is 0 Å². The average Bonchev–Trinajstić information content (AvgIpc) is 3.45. The molecule has 1 aliphatic rings. The zero-order valence-electron chi connectivity index (χ0n) is 29.4. The van der Waals surface area contributed by atoms with Crippen molar-refractivity contribution in [1.82, 2.24) is 26.2 Å². The van der Waals surface area contributed by atoms with E-state index in [4.69, 9.17) is 5.11 Å². The molecule has 3 aromatic carbocycles. The van der Waals surface area contributed by atoms with Gasteiger partial charge in [0.1, 0.15) is 12.1 Å². The van der Waals surface area contributed by atoms with Crippen LogP contribution in [0.15, 0.2) is 91.0 Å². The third kappa shape index (κ3) is 11.2. The molecule has 0 saturated carbocycles. The Morgan fingerprint density at radius 2 is 1.23 bits per heavy atom. The maximum Gasteiger partial charge on any atom is 0.243 e. The van der Waals surface area contributed by atoms with Crippen molar-refractivity contribution < 1.29 is 39.0 Å². The summed E-state index contributed by atoms with van der Waals surface area (Å²) in [4.78, 5) is 78.0. The van der Waals surface area contributed by atoms with Crippen LogP contribution in [-0.4, -0.2) is 112 Å². The predicted molar refractivity (Wildman–Crippen MR) is 204 cm³/mol. The van der Waals surface area contributed by atoms with E-state index in [0.29, 0.717) is 0 Å². The Kier molecular flexibility index (Phi) is 15.9. The van der Waals surface area contributed by atoms with Gasteiger partial charge in [0.15, 0.2) is 0 Å². The molecule has 13 nitrogen and oxygen atoms in total. The first-order valence-corrected chi connectivity index (χ1v) is 19.2. The Morgan fingerprint density at radius 1 is 0.755 bits per heavy atom. The SMILES string of the molecule is CC(=O)NC(CSC1CC(=O)N(CCC(=O)NC(CSC(c2ccccc2)(c2ccccc2)c2ccccc2)C(=O)NCCO)C1=O)C(=O)NCCO. The van der Waals surface area contributed by atoms with Gasteiger partial charge in [-0.3, -0.25) is 33.7 Å². The molecule has 0 radical (unpaired) electrons. The fourth-order valence-corrected chi connectivity index (χ4v) is 8.65. The van der Waals surface area contributed by atoms with Gasteiger partial charge in [0, 0.05) is 50.9 Å². The maximum absolute atomic E-state index is 13.4. The van der Waals surface area contributed by atoms with Crippen LogP contribution in [0.1, 0.15) is 36.5 Å². The lowest BCUT2D eigenvalue weighted by atomic mass is 9.84. The van der Waals surface area contributed by atoms with E-state index in [-0.39, 0.29) is 57.2 Å². The van der Waals surface area contributed by atoms with E-state index in [9.17, 15) is 33.9 Å². The van der Waals surface area contributed by atoms with Gasteiger partial charge in [-0.2, -0.15) is 0 Å². The van der Waals surface area contributed by atoms with Crippen LogP contribution in [-0.2, 0) is 33.5 Å². The summed E-state index contributed by atoms with van der Waals surface area (Å²) in [5, 5.41) is 28.0. The minimum absolute atomic E-state index is 0.00708. The molecule has 0 bridgehead atoms. The number of amides is 6. The smallest absolute Gasteiger partial charge is 0.243 e. The van der Waals surface area contributed by atoms with Crippen molar-refractivity contribution in [3.05, 3.63) is 108 Å². The van der Waals surface area contributed by atoms with Gasteiger partial charge in [-0.25, -0.2) is 0 Å². The second-order valence-electron chi connectivity index (χ2n) is 12.2. The fraction of sp³-hybridized carbons (Fsp3) is 0.368. The van der Waals surface area contributed by atoms with E-state index in [1.165, 1.54) is 18.7 Å². The largest absolute Gasteiger partial charge is 0.395 e. The number of rotatable bonds is 20. The summed E-state index contributed by atoms with van der Waals surface area (Å²) in [6.45, 7) is 0.434. The van der Waals surface area contributed by atoms with E-state index in [0.717, 1.165) is 33.4 Å². The monoisotopic (exact) mass is 763 g/mol. The molecule has 3 unspecified atom stereocenters. The number of hydrogen-bond acceptors (Lipinski definition) is 10. The van der Waals surface area contributed by atoms with Crippen LogP contribution >= 0.6 is 23.5 Å². The van der Waals surface area contributed by atoms with Gasteiger partial charge in [-0.1, -0.05) is 91.0 Å². The molecule has 1 fully saturated rings. The number of carbonyl (C=O) groups excluding carboxylic acids is 6. The van der Waals surface area contributed by atoms with Crippen LogP contribution in [0.25, 0.3) is 0 Å². The second-order valence-corrected chi connectivity index (χ2v) is 14.6. The number of benzene rings is 3. The molecule has 1 heterocycles. The molecule has 3 atom stereocenters. The Hall–Kier alpha value is -4.70. The van der Waals surface area contributed by atoms with Crippen molar-refractivity contribution in [2.75, 3.05) is 44.4 Å². The average molecular weight is 764 g/mol. The summed E-state index contributed by atoms with van der Waals surface area (Å²) in [7, 11) is 0. The molecule has 0 aliphatic carbocycles. The van der Waals surface area contributed by atoms with E-state index < -0.39 is 57.5 Å². The summed E-state index contributed by atoms with van der Waals surface area (Å²) in [6.07, 6.45) is -0.401. The Morgan fingerprint density at radius 3 is 1.68 bits per heavy atom. The first kappa shape index (κ1) is 41.1. The van der Waals surface area contributed by atoms with E-state index in [2.05, 4.69) is 21.3 Å². The van der Waals surface area contributed by atoms with Crippen molar-refractivity contribution in [2.24, 2.45) is 0 Å². The third-order valence-corrected chi connectivity index (χ3v) is 11.3. The van der Waals surface area contributed by atoms with Gasteiger partial charge >= 0.3 is 0 Å². The number of imide groups is 1. The minimum atomic E-state index is -1.04. The first-order valence-electron chi connectivity index (χ1n) is 17.2. The molecule has 282 valence electrons. The number of aliphatic hydroxyl groups is 2. The topological polar surface area (TPSA) is 194 Å². The first-order chi connectivity index (χ1) is 25.6. The van der Waals surface area contributed by atoms with Gasteiger partial charge in [0.2, 0.25) is 35.4 Å². The number of carbonyl (C=O) groups is 6. The second kappa shape index (κ2) is 20.5. The number of hydrogen-bond donors (Lipinski definition) is 6. The molecule has 6 N–H and O–H groups in total.